The number of rotatable bonds is 4. The summed E-state index contributed by atoms with van der Waals surface area (Å²) in [4.78, 5) is 0. The SMILES string of the molecule is CCC=C(CC(C)(C)C)NC1CCCNC1. The van der Waals surface area contributed by atoms with Crippen molar-refractivity contribution < 1.29 is 0 Å². The van der Waals surface area contributed by atoms with E-state index >= 15 is 0 Å². The summed E-state index contributed by atoms with van der Waals surface area (Å²) in [6.45, 7) is 11.4. The van der Waals surface area contributed by atoms with Crippen LogP contribution in [0.15, 0.2) is 11.8 Å². The van der Waals surface area contributed by atoms with Gasteiger partial charge in [-0.1, -0.05) is 33.8 Å². The van der Waals surface area contributed by atoms with Crippen molar-refractivity contribution in [2.24, 2.45) is 5.41 Å². The molecule has 2 N–H and O–H groups in total. The summed E-state index contributed by atoms with van der Waals surface area (Å²) < 4.78 is 0. The first-order chi connectivity index (χ1) is 7.51. The Kier molecular flexibility index (Phi) is 5.33. The van der Waals surface area contributed by atoms with Gasteiger partial charge in [-0.25, -0.2) is 0 Å². The lowest BCUT2D eigenvalue weighted by Gasteiger charge is -2.29. The Morgan fingerprint density at radius 1 is 1.44 bits per heavy atom. The van der Waals surface area contributed by atoms with Gasteiger partial charge in [0.25, 0.3) is 0 Å². The molecular formula is C14H28N2. The predicted molar refractivity (Wildman–Crippen MR) is 71.5 cm³/mol. The van der Waals surface area contributed by atoms with Crippen molar-refractivity contribution in [1.82, 2.24) is 10.6 Å². The maximum atomic E-state index is 3.71. The van der Waals surface area contributed by atoms with E-state index in [4.69, 9.17) is 0 Å². The highest BCUT2D eigenvalue weighted by Crippen LogP contribution is 2.23. The normalized spacial score (nSPS) is 23.2. The van der Waals surface area contributed by atoms with Crippen LogP contribution in [0, 0.1) is 5.41 Å². The molecule has 1 aliphatic heterocycles. The largest absolute Gasteiger partial charge is 0.385 e. The van der Waals surface area contributed by atoms with Gasteiger partial charge in [0, 0.05) is 18.3 Å². The Bertz CT molecular complexity index is 219. The van der Waals surface area contributed by atoms with Crippen molar-refractivity contribution in [1.29, 1.82) is 0 Å². The van der Waals surface area contributed by atoms with Crippen LogP contribution in [-0.4, -0.2) is 19.1 Å². The molecule has 0 aromatic heterocycles. The lowest BCUT2D eigenvalue weighted by Crippen LogP contribution is -2.43. The summed E-state index contributed by atoms with van der Waals surface area (Å²) in [6.07, 6.45) is 7.22. The Morgan fingerprint density at radius 3 is 2.69 bits per heavy atom. The van der Waals surface area contributed by atoms with E-state index in [1.165, 1.54) is 25.1 Å². The summed E-state index contributed by atoms with van der Waals surface area (Å²) in [6, 6.07) is 0.633. The minimum absolute atomic E-state index is 0.371. The van der Waals surface area contributed by atoms with Gasteiger partial charge in [0.05, 0.1) is 0 Å². The number of hydrogen-bond donors (Lipinski definition) is 2. The summed E-state index contributed by atoms with van der Waals surface area (Å²) in [5.41, 5.74) is 1.81. The van der Waals surface area contributed by atoms with Gasteiger partial charge >= 0.3 is 0 Å². The molecule has 0 spiro atoms. The fourth-order valence-electron chi connectivity index (χ4n) is 2.24. The monoisotopic (exact) mass is 224 g/mol. The molecular weight excluding hydrogens is 196 g/mol. The molecule has 94 valence electrons. The van der Waals surface area contributed by atoms with Crippen LogP contribution in [0.5, 0.6) is 0 Å². The summed E-state index contributed by atoms with van der Waals surface area (Å²) >= 11 is 0. The zero-order valence-electron chi connectivity index (χ0n) is 11.4. The minimum atomic E-state index is 0.371. The van der Waals surface area contributed by atoms with Gasteiger partial charge in [-0.2, -0.15) is 0 Å². The maximum absolute atomic E-state index is 3.71. The molecule has 1 saturated heterocycles. The third kappa shape index (κ3) is 5.55. The first-order valence-electron chi connectivity index (χ1n) is 6.67. The van der Waals surface area contributed by atoms with Crippen molar-refractivity contribution in [3.8, 4) is 0 Å². The second kappa shape index (κ2) is 6.29. The Morgan fingerprint density at radius 2 is 2.19 bits per heavy atom. The smallest absolute Gasteiger partial charge is 0.0383 e. The Balaban J connectivity index is 2.47. The van der Waals surface area contributed by atoms with Gasteiger partial charge in [-0.15, -0.1) is 0 Å². The molecule has 1 fully saturated rings. The summed E-state index contributed by atoms with van der Waals surface area (Å²) in [5, 5.41) is 7.17. The Labute approximate surface area is 101 Å². The summed E-state index contributed by atoms with van der Waals surface area (Å²) in [7, 11) is 0. The summed E-state index contributed by atoms with van der Waals surface area (Å²) in [5.74, 6) is 0. The van der Waals surface area contributed by atoms with Gasteiger partial charge in [-0.05, 0) is 37.6 Å². The van der Waals surface area contributed by atoms with Crippen molar-refractivity contribution in [2.45, 2.75) is 59.4 Å². The lowest BCUT2D eigenvalue weighted by molar-refractivity contribution is 0.364. The molecule has 1 atom stereocenters. The van der Waals surface area contributed by atoms with Crippen LogP contribution in [0.4, 0.5) is 0 Å². The first-order valence-corrected chi connectivity index (χ1v) is 6.67. The van der Waals surface area contributed by atoms with Crippen LogP contribution in [-0.2, 0) is 0 Å². The molecule has 0 bridgehead atoms. The van der Waals surface area contributed by atoms with E-state index in [-0.39, 0.29) is 0 Å². The van der Waals surface area contributed by atoms with Crippen molar-refractivity contribution in [3.05, 3.63) is 11.8 Å². The van der Waals surface area contributed by atoms with Gasteiger partial charge in [-0.3, -0.25) is 0 Å². The van der Waals surface area contributed by atoms with Crippen LogP contribution in [0.3, 0.4) is 0 Å². The van der Waals surface area contributed by atoms with E-state index in [0.29, 0.717) is 11.5 Å². The fraction of sp³-hybridized carbons (Fsp3) is 0.857. The second-order valence-electron chi connectivity index (χ2n) is 6.06. The lowest BCUT2D eigenvalue weighted by atomic mass is 9.89. The van der Waals surface area contributed by atoms with E-state index in [1.807, 2.05) is 0 Å². The standard InChI is InChI=1S/C14H28N2/c1-5-7-12(10-14(2,3)4)16-13-8-6-9-15-11-13/h7,13,15-16H,5-6,8-11H2,1-4H3. The van der Waals surface area contributed by atoms with Gasteiger partial charge in [0.2, 0.25) is 0 Å². The molecule has 1 rings (SSSR count). The van der Waals surface area contributed by atoms with E-state index < -0.39 is 0 Å². The molecule has 0 saturated carbocycles. The molecule has 2 nitrogen and oxygen atoms in total. The molecule has 1 aliphatic rings. The highest BCUT2D eigenvalue weighted by Gasteiger charge is 2.17. The average molecular weight is 224 g/mol. The van der Waals surface area contributed by atoms with E-state index in [1.54, 1.807) is 0 Å². The van der Waals surface area contributed by atoms with Crippen molar-refractivity contribution in [3.63, 3.8) is 0 Å². The minimum Gasteiger partial charge on any atom is -0.385 e. The number of piperidine rings is 1. The first kappa shape index (κ1) is 13.6. The van der Waals surface area contributed by atoms with E-state index in [2.05, 4.69) is 44.4 Å². The Hall–Kier alpha value is -0.500. The molecule has 1 unspecified atom stereocenters. The fourth-order valence-corrected chi connectivity index (χ4v) is 2.24. The third-order valence-electron chi connectivity index (χ3n) is 2.86. The molecule has 0 amide bonds. The van der Waals surface area contributed by atoms with Crippen LogP contribution >= 0.6 is 0 Å². The molecule has 16 heavy (non-hydrogen) atoms. The van der Waals surface area contributed by atoms with E-state index in [0.717, 1.165) is 19.4 Å². The zero-order valence-corrected chi connectivity index (χ0v) is 11.4. The molecule has 0 aromatic rings. The number of nitrogens with one attached hydrogen (secondary N) is 2. The maximum Gasteiger partial charge on any atom is 0.0383 e. The van der Waals surface area contributed by atoms with Crippen LogP contribution in [0.25, 0.3) is 0 Å². The van der Waals surface area contributed by atoms with Crippen molar-refractivity contribution in [2.75, 3.05) is 13.1 Å². The van der Waals surface area contributed by atoms with Crippen LogP contribution in [0.1, 0.15) is 53.4 Å². The third-order valence-corrected chi connectivity index (χ3v) is 2.86. The quantitative estimate of drug-likeness (QED) is 0.767. The number of allylic oxidation sites excluding steroid dienone is 2. The molecule has 0 aromatic carbocycles. The predicted octanol–water partition coefficient (Wildman–Crippen LogP) is 3.06. The molecule has 1 heterocycles. The molecule has 2 heteroatoms. The average Bonchev–Trinajstić information content (AvgIpc) is 2.17. The molecule has 0 aliphatic carbocycles. The topological polar surface area (TPSA) is 24.1 Å². The van der Waals surface area contributed by atoms with Gasteiger partial charge in [0.15, 0.2) is 0 Å². The van der Waals surface area contributed by atoms with Crippen LogP contribution in [0.2, 0.25) is 0 Å². The highest BCUT2D eigenvalue weighted by atomic mass is 15.0. The second-order valence-corrected chi connectivity index (χ2v) is 6.06. The van der Waals surface area contributed by atoms with Crippen LogP contribution < -0.4 is 10.6 Å². The van der Waals surface area contributed by atoms with E-state index in [9.17, 15) is 0 Å². The molecule has 0 radical (unpaired) electrons. The van der Waals surface area contributed by atoms with Gasteiger partial charge in [0.1, 0.15) is 0 Å². The zero-order chi connectivity index (χ0) is 12.0. The van der Waals surface area contributed by atoms with Crippen molar-refractivity contribution >= 4 is 0 Å². The highest BCUT2D eigenvalue weighted by molar-refractivity contribution is 5.04. The van der Waals surface area contributed by atoms with Gasteiger partial charge < -0.3 is 10.6 Å². The number of hydrogen-bond acceptors (Lipinski definition) is 2.